The van der Waals surface area contributed by atoms with Crippen molar-refractivity contribution in [3.05, 3.63) is 18.5 Å². The van der Waals surface area contributed by atoms with Gasteiger partial charge in [0, 0.05) is 19.3 Å². The molecular weight excluding hydrogens is 231 g/mol. The summed E-state index contributed by atoms with van der Waals surface area (Å²) in [4.78, 5) is 5.60. The van der Waals surface area contributed by atoms with Crippen molar-refractivity contribution in [1.29, 1.82) is 0 Å². The average Bonchev–Trinajstić information content (AvgIpc) is 2.28. The Balaban J connectivity index is 2.12. The van der Waals surface area contributed by atoms with Crippen molar-refractivity contribution in [2.24, 2.45) is 5.92 Å². The molecule has 1 unspecified atom stereocenters. The number of rotatable bonds is 1. The number of alkyl halides is 3. The van der Waals surface area contributed by atoms with Gasteiger partial charge in [-0.1, -0.05) is 0 Å². The molecule has 6 heteroatoms. The molecule has 1 aromatic rings. The monoisotopic (exact) mass is 245 g/mol. The van der Waals surface area contributed by atoms with E-state index in [1.54, 1.807) is 17.2 Å². The Hall–Kier alpha value is -1.46. The van der Waals surface area contributed by atoms with Crippen LogP contribution in [0.25, 0.3) is 0 Å². The Morgan fingerprint density at radius 1 is 1.35 bits per heavy atom. The number of nitrogens with two attached hydrogens (primary N) is 1. The molecule has 3 nitrogen and oxygen atoms in total. The summed E-state index contributed by atoms with van der Waals surface area (Å²) in [6, 6.07) is 1.66. The van der Waals surface area contributed by atoms with E-state index < -0.39 is 12.1 Å². The lowest BCUT2D eigenvalue weighted by molar-refractivity contribution is -0.175. The van der Waals surface area contributed by atoms with Gasteiger partial charge in [-0.15, -0.1) is 0 Å². The third-order valence-corrected chi connectivity index (χ3v) is 2.99. The lowest BCUT2D eigenvalue weighted by atomic mass is 9.97. The standard InChI is InChI=1S/C11H14F3N3/c12-11(13,14)8-2-1-3-17(7-8)10-4-9(15)5-16-6-10/h4-6,8H,1-3,7,15H2. The molecule has 1 aliphatic heterocycles. The van der Waals surface area contributed by atoms with Gasteiger partial charge in [0.25, 0.3) is 0 Å². The van der Waals surface area contributed by atoms with Crippen LogP contribution in [-0.4, -0.2) is 24.2 Å². The molecule has 17 heavy (non-hydrogen) atoms. The maximum absolute atomic E-state index is 12.6. The Bertz CT molecular complexity index is 392. The van der Waals surface area contributed by atoms with E-state index in [4.69, 9.17) is 5.73 Å². The number of hydrogen-bond acceptors (Lipinski definition) is 3. The number of piperidine rings is 1. The van der Waals surface area contributed by atoms with Gasteiger partial charge in [0.15, 0.2) is 0 Å². The van der Waals surface area contributed by atoms with E-state index in [0.717, 1.165) is 0 Å². The quantitative estimate of drug-likeness (QED) is 0.826. The number of pyridine rings is 1. The Labute approximate surface area is 97.4 Å². The molecule has 2 N–H and O–H groups in total. The van der Waals surface area contributed by atoms with Crippen molar-refractivity contribution in [3.63, 3.8) is 0 Å². The molecule has 1 aromatic heterocycles. The highest BCUT2D eigenvalue weighted by Gasteiger charge is 2.41. The zero-order chi connectivity index (χ0) is 12.5. The van der Waals surface area contributed by atoms with Crippen LogP contribution in [-0.2, 0) is 0 Å². The van der Waals surface area contributed by atoms with Gasteiger partial charge in [0.2, 0.25) is 0 Å². The minimum atomic E-state index is -4.12. The molecule has 0 spiro atoms. The van der Waals surface area contributed by atoms with E-state index in [9.17, 15) is 13.2 Å². The maximum atomic E-state index is 12.6. The van der Waals surface area contributed by atoms with Gasteiger partial charge in [-0.2, -0.15) is 13.2 Å². The van der Waals surface area contributed by atoms with Gasteiger partial charge in [-0.05, 0) is 18.9 Å². The van der Waals surface area contributed by atoms with Crippen LogP contribution in [0.2, 0.25) is 0 Å². The molecular formula is C11H14F3N3. The number of aromatic nitrogens is 1. The van der Waals surface area contributed by atoms with Gasteiger partial charge in [0.1, 0.15) is 0 Å². The maximum Gasteiger partial charge on any atom is 0.393 e. The van der Waals surface area contributed by atoms with Crippen LogP contribution in [0.4, 0.5) is 24.5 Å². The molecule has 1 fully saturated rings. The number of nitrogens with zero attached hydrogens (tertiary/aromatic N) is 2. The highest BCUT2D eigenvalue weighted by atomic mass is 19.4. The van der Waals surface area contributed by atoms with Crippen molar-refractivity contribution < 1.29 is 13.2 Å². The van der Waals surface area contributed by atoms with Gasteiger partial charge in [-0.25, -0.2) is 0 Å². The fraction of sp³-hybridized carbons (Fsp3) is 0.545. The minimum absolute atomic E-state index is 0.00532. The smallest absolute Gasteiger partial charge is 0.393 e. The number of halogens is 3. The molecule has 1 saturated heterocycles. The fourth-order valence-electron chi connectivity index (χ4n) is 2.10. The predicted octanol–water partition coefficient (Wildman–Crippen LogP) is 2.44. The molecule has 1 atom stereocenters. The molecule has 2 rings (SSSR count). The van der Waals surface area contributed by atoms with Crippen LogP contribution in [0.1, 0.15) is 12.8 Å². The van der Waals surface area contributed by atoms with Gasteiger partial charge < -0.3 is 10.6 Å². The first-order valence-corrected chi connectivity index (χ1v) is 5.49. The lowest BCUT2D eigenvalue weighted by Gasteiger charge is -2.35. The van der Waals surface area contributed by atoms with Crippen molar-refractivity contribution in [1.82, 2.24) is 4.98 Å². The number of nitrogen functional groups attached to an aromatic ring is 1. The average molecular weight is 245 g/mol. The molecule has 0 aromatic carbocycles. The van der Waals surface area contributed by atoms with Crippen LogP contribution >= 0.6 is 0 Å². The highest BCUT2D eigenvalue weighted by molar-refractivity contribution is 5.53. The third kappa shape index (κ3) is 2.81. The highest BCUT2D eigenvalue weighted by Crippen LogP contribution is 2.34. The fourth-order valence-corrected chi connectivity index (χ4v) is 2.10. The first-order chi connectivity index (χ1) is 7.97. The summed E-state index contributed by atoms with van der Waals surface area (Å²) in [7, 11) is 0. The second-order valence-electron chi connectivity index (χ2n) is 4.30. The molecule has 1 aliphatic rings. The van der Waals surface area contributed by atoms with Gasteiger partial charge >= 0.3 is 6.18 Å². The summed E-state index contributed by atoms with van der Waals surface area (Å²) in [6.07, 6.45) is -0.342. The molecule has 2 heterocycles. The zero-order valence-corrected chi connectivity index (χ0v) is 9.24. The van der Waals surface area contributed by atoms with E-state index in [0.29, 0.717) is 24.3 Å². The molecule has 0 aliphatic carbocycles. The number of anilines is 2. The normalized spacial score (nSPS) is 21.6. The largest absolute Gasteiger partial charge is 0.397 e. The summed E-state index contributed by atoms with van der Waals surface area (Å²) < 4.78 is 37.9. The molecule has 0 saturated carbocycles. The summed E-state index contributed by atoms with van der Waals surface area (Å²) in [5, 5.41) is 0. The van der Waals surface area contributed by atoms with Gasteiger partial charge in [0.05, 0.1) is 23.5 Å². The predicted molar refractivity (Wildman–Crippen MR) is 59.6 cm³/mol. The van der Waals surface area contributed by atoms with Crippen LogP contribution in [0.3, 0.4) is 0 Å². The van der Waals surface area contributed by atoms with Crippen molar-refractivity contribution >= 4 is 11.4 Å². The molecule has 0 radical (unpaired) electrons. The van der Waals surface area contributed by atoms with Crippen LogP contribution in [0.5, 0.6) is 0 Å². The second-order valence-corrected chi connectivity index (χ2v) is 4.30. The zero-order valence-electron chi connectivity index (χ0n) is 9.24. The summed E-state index contributed by atoms with van der Waals surface area (Å²) >= 11 is 0. The minimum Gasteiger partial charge on any atom is -0.397 e. The van der Waals surface area contributed by atoms with Crippen LogP contribution < -0.4 is 10.6 Å². The first-order valence-electron chi connectivity index (χ1n) is 5.49. The first kappa shape index (κ1) is 12.0. The van der Waals surface area contributed by atoms with Gasteiger partial charge in [-0.3, -0.25) is 4.98 Å². The summed E-state index contributed by atoms with van der Waals surface area (Å²) in [5.41, 5.74) is 6.71. The van der Waals surface area contributed by atoms with E-state index >= 15 is 0 Å². The lowest BCUT2D eigenvalue weighted by Crippen LogP contribution is -2.41. The van der Waals surface area contributed by atoms with Crippen molar-refractivity contribution in [2.75, 3.05) is 23.7 Å². The molecule has 0 bridgehead atoms. The summed E-state index contributed by atoms with van der Waals surface area (Å²) in [6.45, 7) is 0.617. The van der Waals surface area contributed by atoms with E-state index in [1.807, 2.05) is 0 Å². The number of hydrogen-bond donors (Lipinski definition) is 1. The van der Waals surface area contributed by atoms with Crippen LogP contribution in [0.15, 0.2) is 18.5 Å². The molecule has 0 amide bonds. The Morgan fingerprint density at radius 2 is 2.12 bits per heavy atom. The summed E-state index contributed by atoms with van der Waals surface area (Å²) in [5.74, 6) is -1.25. The Morgan fingerprint density at radius 3 is 2.76 bits per heavy atom. The second kappa shape index (κ2) is 4.43. The molecule has 94 valence electrons. The Kier molecular flexibility index (Phi) is 3.13. The van der Waals surface area contributed by atoms with E-state index in [-0.39, 0.29) is 13.0 Å². The van der Waals surface area contributed by atoms with Crippen LogP contribution in [0, 0.1) is 5.92 Å². The SMILES string of the molecule is Nc1cncc(N2CCCC(C(F)(F)F)C2)c1. The van der Waals surface area contributed by atoms with E-state index in [1.165, 1.54) is 6.20 Å². The van der Waals surface area contributed by atoms with E-state index in [2.05, 4.69) is 4.98 Å². The van der Waals surface area contributed by atoms with Crippen molar-refractivity contribution in [2.45, 2.75) is 19.0 Å². The topological polar surface area (TPSA) is 42.1 Å². The third-order valence-electron chi connectivity index (χ3n) is 2.99. The van der Waals surface area contributed by atoms with Crippen molar-refractivity contribution in [3.8, 4) is 0 Å².